The third kappa shape index (κ3) is 3.65. The first kappa shape index (κ1) is 14.2. The number of nitrogens with zero attached hydrogens (tertiary/aromatic N) is 2. The predicted octanol–water partition coefficient (Wildman–Crippen LogP) is 4.73. The van der Waals surface area contributed by atoms with Gasteiger partial charge in [-0.15, -0.1) is 11.8 Å². The monoisotopic (exact) mass is 315 g/mol. The minimum Gasteiger partial charge on any atom is -0.262 e. The van der Waals surface area contributed by atoms with Crippen LogP contribution in [0.4, 0.5) is 0 Å². The summed E-state index contributed by atoms with van der Waals surface area (Å²) in [6.07, 6.45) is 0. The third-order valence-corrected chi connectivity index (χ3v) is 4.31. The lowest BCUT2D eigenvalue weighted by Gasteiger charge is -1.99. The molecule has 0 atom stereocenters. The van der Waals surface area contributed by atoms with Gasteiger partial charge in [0.2, 0.25) is 0 Å². The van der Waals surface area contributed by atoms with Crippen LogP contribution in [0.5, 0.6) is 0 Å². The van der Waals surface area contributed by atoms with Crippen molar-refractivity contribution in [1.29, 1.82) is 0 Å². The van der Waals surface area contributed by atoms with Crippen molar-refractivity contribution in [3.8, 4) is 11.4 Å². The Bertz CT molecular complexity index is 720. The highest BCUT2D eigenvalue weighted by atomic mass is 35.5. The van der Waals surface area contributed by atoms with E-state index in [9.17, 15) is 0 Å². The van der Waals surface area contributed by atoms with Gasteiger partial charge in [0.25, 0.3) is 0 Å². The van der Waals surface area contributed by atoms with E-state index < -0.39 is 0 Å². The lowest BCUT2D eigenvalue weighted by atomic mass is 10.1. The Morgan fingerprint density at radius 3 is 2.48 bits per heavy atom. The fraction of sp³-hybridized carbons (Fsp3) is 0.125. The predicted molar refractivity (Wildman–Crippen MR) is 87.6 cm³/mol. The van der Waals surface area contributed by atoms with Crippen LogP contribution in [0, 0.1) is 6.92 Å². The molecule has 0 saturated carbocycles. The Morgan fingerprint density at radius 2 is 1.76 bits per heavy atom. The lowest BCUT2D eigenvalue weighted by molar-refractivity contribution is 1.03. The lowest BCUT2D eigenvalue weighted by Crippen LogP contribution is -1.84. The number of aromatic amines is 1. The third-order valence-electron chi connectivity index (χ3n) is 3.03. The highest BCUT2D eigenvalue weighted by molar-refractivity contribution is 7.98. The van der Waals surface area contributed by atoms with E-state index in [1.165, 1.54) is 5.56 Å². The Morgan fingerprint density at radius 1 is 1.05 bits per heavy atom. The maximum absolute atomic E-state index is 5.87. The Labute approximate surface area is 132 Å². The summed E-state index contributed by atoms with van der Waals surface area (Å²) in [6, 6.07) is 16.0. The number of hydrogen-bond acceptors (Lipinski definition) is 3. The van der Waals surface area contributed by atoms with E-state index in [-0.39, 0.29) is 0 Å². The highest BCUT2D eigenvalue weighted by Gasteiger charge is 2.06. The Kier molecular flexibility index (Phi) is 4.27. The van der Waals surface area contributed by atoms with Crippen LogP contribution in [0.15, 0.2) is 53.4 Å². The van der Waals surface area contributed by atoms with Gasteiger partial charge in [0.1, 0.15) is 5.82 Å². The van der Waals surface area contributed by atoms with Crippen molar-refractivity contribution in [3.63, 3.8) is 0 Å². The quantitative estimate of drug-likeness (QED) is 0.708. The van der Waals surface area contributed by atoms with Crippen molar-refractivity contribution >= 4 is 23.4 Å². The standard InChI is InChI=1S/C16H14ClN3S/c1-11-2-4-12(5-3-11)16-18-15(19-20-16)10-21-14-8-6-13(17)7-9-14/h2-9H,10H2,1H3,(H,18,19,20). The van der Waals surface area contributed by atoms with Crippen molar-refractivity contribution in [2.45, 2.75) is 17.6 Å². The van der Waals surface area contributed by atoms with Crippen molar-refractivity contribution in [2.24, 2.45) is 0 Å². The molecule has 5 heteroatoms. The van der Waals surface area contributed by atoms with Gasteiger partial charge >= 0.3 is 0 Å². The zero-order valence-corrected chi connectivity index (χ0v) is 13.1. The SMILES string of the molecule is Cc1ccc(-c2n[nH]c(CSc3ccc(Cl)cc3)n2)cc1. The summed E-state index contributed by atoms with van der Waals surface area (Å²) in [7, 11) is 0. The Balaban J connectivity index is 1.67. The minimum atomic E-state index is 0.738. The number of hydrogen-bond donors (Lipinski definition) is 1. The zero-order chi connectivity index (χ0) is 14.7. The van der Waals surface area contributed by atoms with Gasteiger partial charge in [-0.25, -0.2) is 4.98 Å². The van der Waals surface area contributed by atoms with Gasteiger partial charge in [-0.1, -0.05) is 41.4 Å². The van der Waals surface area contributed by atoms with Crippen LogP contribution in [-0.4, -0.2) is 15.2 Å². The maximum Gasteiger partial charge on any atom is 0.181 e. The summed E-state index contributed by atoms with van der Waals surface area (Å²) in [5.41, 5.74) is 2.26. The largest absolute Gasteiger partial charge is 0.262 e. The molecule has 21 heavy (non-hydrogen) atoms. The van der Waals surface area contributed by atoms with Gasteiger partial charge in [-0.05, 0) is 31.2 Å². The second-order valence-corrected chi connectivity index (χ2v) is 6.20. The van der Waals surface area contributed by atoms with Gasteiger partial charge in [0, 0.05) is 15.5 Å². The first-order valence-corrected chi connectivity index (χ1v) is 7.94. The van der Waals surface area contributed by atoms with Crippen molar-refractivity contribution in [3.05, 3.63) is 64.9 Å². The van der Waals surface area contributed by atoms with Crippen LogP contribution in [0.25, 0.3) is 11.4 Å². The smallest absolute Gasteiger partial charge is 0.181 e. The van der Waals surface area contributed by atoms with Crippen LogP contribution >= 0.6 is 23.4 Å². The van der Waals surface area contributed by atoms with E-state index in [1.54, 1.807) is 11.8 Å². The van der Waals surface area contributed by atoms with Gasteiger partial charge in [-0.3, -0.25) is 5.10 Å². The molecule has 0 aliphatic carbocycles. The maximum atomic E-state index is 5.87. The molecule has 0 bridgehead atoms. The molecular weight excluding hydrogens is 302 g/mol. The number of aryl methyl sites for hydroxylation is 1. The average molecular weight is 316 g/mol. The van der Waals surface area contributed by atoms with E-state index >= 15 is 0 Å². The van der Waals surface area contributed by atoms with Gasteiger partial charge in [-0.2, -0.15) is 5.10 Å². The van der Waals surface area contributed by atoms with Gasteiger partial charge in [0.05, 0.1) is 5.75 Å². The molecule has 0 unspecified atom stereocenters. The number of halogens is 1. The van der Waals surface area contributed by atoms with Crippen LogP contribution in [0.3, 0.4) is 0 Å². The fourth-order valence-electron chi connectivity index (χ4n) is 1.87. The van der Waals surface area contributed by atoms with Gasteiger partial charge < -0.3 is 0 Å². The van der Waals surface area contributed by atoms with Crippen LogP contribution < -0.4 is 0 Å². The van der Waals surface area contributed by atoms with E-state index in [0.29, 0.717) is 0 Å². The molecule has 0 amide bonds. The summed E-state index contributed by atoms with van der Waals surface area (Å²) in [6.45, 7) is 2.07. The number of thioether (sulfide) groups is 1. The van der Waals surface area contributed by atoms with E-state index in [0.717, 1.165) is 32.9 Å². The molecule has 2 aromatic carbocycles. The normalized spacial score (nSPS) is 10.8. The molecule has 1 aromatic heterocycles. The van der Waals surface area contributed by atoms with E-state index in [4.69, 9.17) is 11.6 Å². The first-order chi connectivity index (χ1) is 10.2. The van der Waals surface area contributed by atoms with Gasteiger partial charge in [0.15, 0.2) is 5.82 Å². The summed E-state index contributed by atoms with van der Waals surface area (Å²) in [5, 5.41) is 8.02. The molecule has 3 nitrogen and oxygen atoms in total. The number of H-pyrrole nitrogens is 1. The molecule has 0 aliphatic heterocycles. The molecule has 1 N–H and O–H groups in total. The molecule has 0 spiro atoms. The molecule has 1 heterocycles. The first-order valence-electron chi connectivity index (χ1n) is 6.57. The molecule has 0 aliphatic rings. The van der Waals surface area contributed by atoms with Crippen LogP contribution in [0.2, 0.25) is 5.02 Å². The number of nitrogens with one attached hydrogen (secondary N) is 1. The summed E-state index contributed by atoms with van der Waals surface area (Å²) in [5.74, 6) is 2.35. The van der Waals surface area contributed by atoms with Crippen molar-refractivity contribution < 1.29 is 0 Å². The molecule has 3 aromatic rings. The molecule has 0 saturated heterocycles. The minimum absolute atomic E-state index is 0.738. The number of benzene rings is 2. The number of aromatic nitrogens is 3. The highest BCUT2D eigenvalue weighted by Crippen LogP contribution is 2.24. The second kappa shape index (κ2) is 6.33. The van der Waals surface area contributed by atoms with E-state index in [1.807, 2.05) is 36.4 Å². The summed E-state index contributed by atoms with van der Waals surface area (Å²) < 4.78 is 0. The molecule has 0 radical (unpaired) electrons. The van der Waals surface area contributed by atoms with Crippen LogP contribution in [0.1, 0.15) is 11.4 Å². The molecule has 106 valence electrons. The van der Waals surface area contributed by atoms with Crippen molar-refractivity contribution in [2.75, 3.05) is 0 Å². The molecular formula is C16H14ClN3S. The molecule has 3 rings (SSSR count). The van der Waals surface area contributed by atoms with Crippen molar-refractivity contribution in [1.82, 2.24) is 15.2 Å². The topological polar surface area (TPSA) is 41.6 Å². The summed E-state index contributed by atoms with van der Waals surface area (Å²) in [4.78, 5) is 5.69. The fourth-order valence-corrected chi connectivity index (χ4v) is 2.76. The van der Waals surface area contributed by atoms with Crippen LogP contribution in [-0.2, 0) is 5.75 Å². The molecule has 0 fully saturated rings. The van der Waals surface area contributed by atoms with E-state index in [2.05, 4.69) is 34.2 Å². The average Bonchev–Trinajstić information content (AvgIpc) is 2.96. The number of rotatable bonds is 4. The second-order valence-electron chi connectivity index (χ2n) is 4.71. The Hall–Kier alpha value is -1.78. The zero-order valence-electron chi connectivity index (χ0n) is 11.5. The summed E-state index contributed by atoms with van der Waals surface area (Å²) >= 11 is 7.57.